The molecule has 93 heavy (non-hydrogen) atoms. The molecule has 0 spiro atoms. The molecule has 8 atom stereocenters. The molecule has 9 heterocycles. The number of pyridine rings is 1. The first kappa shape index (κ1) is 65.7. The number of nitrogens with zero attached hydrogens (tertiary/aromatic N) is 8. The first-order chi connectivity index (χ1) is 44.4. The summed E-state index contributed by atoms with van der Waals surface area (Å²) in [5.41, 5.74) is 6.38. The molecular weight excluding hydrogens is 1310 g/mol. The van der Waals surface area contributed by atoms with Crippen LogP contribution in [0.1, 0.15) is 144 Å². The van der Waals surface area contributed by atoms with Crippen molar-refractivity contribution in [2.24, 2.45) is 11.7 Å². The third-order valence-corrected chi connectivity index (χ3v) is 21.2. The number of ketones is 2. The number of aromatic nitrogens is 7. The fourth-order valence-electron chi connectivity index (χ4n) is 10.8. The normalized spacial score (nSPS) is 19.5. The van der Waals surface area contributed by atoms with Gasteiger partial charge < -0.3 is 52.1 Å². The molecule has 0 aliphatic carbocycles. The van der Waals surface area contributed by atoms with Crippen molar-refractivity contribution in [1.82, 2.24) is 55.7 Å². The Morgan fingerprint density at radius 2 is 1.35 bits per heavy atom. The quantitative estimate of drug-likeness (QED) is 0.0509. The molecule has 480 valence electrons. The highest BCUT2D eigenvalue weighted by atomic mass is 32.1. The molecule has 2 aliphatic heterocycles. The van der Waals surface area contributed by atoms with Gasteiger partial charge in [0.1, 0.15) is 82.7 Å². The van der Waals surface area contributed by atoms with E-state index in [4.69, 9.17) is 25.7 Å². The number of phenolic OH excluding ortho intramolecular Hbond substituents is 1. The number of hydrogen-bond donors (Lipinski definition) is 9. The fourth-order valence-corrected chi connectivity index (χ4v) is 16.2. The third-order valence-electron chi connectivity index (χ3n) is 15.6. The first-order valence-corrected chi connectivity index (χ1v) is 34.1. The second-order valence-corrected chi connectivity index (χ2v) is 28.4. The predicted octanol–water partition coefficient (Wildman–Crippen LogP) is 7.48. The number of Topliss-reactive ketones (excluding diaryl/α,β-unsaturated/α-hetero) is 2. The molecule has 0 unspecified atom stereocenters. The van der Waals surface area contributed by atoms with E-state index >= 15 is 4.79 Å². The summed E-state index contributed by atoms with van der Waals surface area (Å²) in [4.78, 5) is 145. The van der Waals surface area contributed by atoms with Crippen molar-refractivity contribution in [1.29, 1.82) is 0 Å². The lowest BCUT2D eigenvalue weighted by Crippen LogP contribution is -2.54. The third kappa shape index (κ3) is 14.5. The lowest BCUT2D eigenvalue weighted by atomic mass is 9.90. The Morgan fingerprint density at radius 1 is 0.720 bits per heavy atom. The number of benzene rings is 2. The number of fused-ring (bicyclic) bond motifs is 16. The van der Waals surface area contributed by atoms with Crippen LogP contribution in [0.25, 0.3) is 43.4 Å². The number of nitrogens with one attached hydrogen (secondary N) is 3. The van der Waals surface area contributed by atoms with E-state index in [1.165, 1.54) is 69.7 Å². The summed E-state index contributed by atoms with van der Waals surface area (Å²) in [5, 5.41) is 71.8. The van der Waals surface area contributed by atoms with Crippen molar-refractivity contribution in [3.8, 4) is 49.1 Å². The summed E-state index contributed by atoms with van der Waals surface area (Å²) >= 11 is 6.68. The van der Waals surface area contributed by atoms with Gasteiger partial charge in [0.15, 0.2) is 11.6 Å². The van der Waals surface area contributed by atoms with Crippen LogP contribution in [-0.2, 0) is 25.6 Å². The maximum atomic E-state index is 15.2. The molecule has 11 rings (SSSR count). The molecule has 0 radical (unpaired) electrons. The Morgan fingerprint density at radius 3 is 2.08 bits per heavy atom. The number of rotatable bonds is 14. The van der Waals surface area contributed by atoms with Crippen LogP contribution in [0.2, 0.25) is 0 Å². The Balaban J connectivity index is 0.994. The summed E-state index contributed by atoms with van der Waals surface area (Å²) in [6.45, 7) is 5.95. The fraction of sp³-hybridized carbons (Fsp3) is 0.306. The van der Waals surface area contributed by atoms with Gasteiger partial charge in [-0.25, -0.2) is 34.9 Å². The highest BCUT2D eigenvalue weighted by molar-refractivity contribution is 7.15. The van der Waals surface area contributed by atoms with E-state index in [1.807, 2.05) is 0 Å². The zero-order chi connectivity index (χ0) is 66.2. The molecule has 2 aromatic carbocycles. The van der Waals surface area contributed by atoms with Crippen LogP contribution in [0.5, 0.6) is 5.75 Å². The summed E-state index contributed by atoms with van der Waals surface area (Å²) in [6, 6.07) is 13.4. The van der Waals surface area contributed by atoms with Crippen LogP contribution in [0.15, 0.2) is 93.6 Å². The van der Waals surface area contributed by atoms with Gasteiger partial charge in [-0.15, -0.1) is 68.0 Å². The molecule has 31 heteroatoms. The van der Waals surface area contributed by atoms with Crippen molar-refractivity contribution in [3.05, 3.63) is 147 Å². The molecule has 0 saturated carbocycles. The molecular formula is C62H58N12O13S6. The van der Waals surface area contributed by atoms with Gasteiger partial charge in [-0.2, -0.15) is 0 Å². The topological polar surface area (TPSA) is 393 Å². The highest BCUT2D eigenvalue weighted by Crippen LogP contribution is 2.43. The molecule has 9 aromatic rings. The van der Waals surface area contributed by atoms with Gasteiger partial charge in [0.2, 0.25) is 11.8 Å². The largest absolute Gasteiger partial charge is 0.508 e. The van der Waals surface area contributed by atoms with E-state index in [0.717, 1.165) is 45.3 Å². The number of primary amides is 1. The zero-order valence-electron chi connectivity index (χ0n) is 49.7. The minimum Gasteiger partial charge on any atom is -0.508 e. The van der Waals surface area contributed by atoms with Crippen molar-refractivity contribution in [3.63, 3.8) is 0 Å². The number of thiazole rings is 6. The summed E-state index contributed by atoms with van der Waals surface area (Å²) in [6.07, 6.45) is -4.12. The molecule has 10 N–H and O–H groups in total. The first-order valence-electron chi connectivity index (χ1n) is 28.8. The second kappa shape index (κ2) is 27.4. The Bertz CT molecular complexity index is 4340. The Labute approximate surface area is 553 Å². The lowest BCUT2D eigenvalue weighted by molar-refractivity contribution is -0.139. The average molecular weight is 1370 g/mol. The van der Waals surface area contributed by atoms with Gasteiger partial charge in [-0.05, 0) is 56.2 Å². The van der Waals surface area contributed by atoms with E-state index in [0.29, 0.717) is 48.0 Å². The van der Waals surface area contributed by atoms with E-state index in [9.17, 15) is 59.1 Å². The molecule has 25 nitrogen and oxygen atoms in total. The van der Waals surface area contributed by atoms with E-state index in [-0.39, 0.29) is 74.3 Å². The molecule has 10 bridgehead atoms. The van der Waals surface area contributed by atoms with Crippen LogP contribution < -0.4 is 21.7 Å². The maximum Gasteiger partial charge on any atom is 0.303 e. The number of hydrogen-bond acceptors (Lipinski definition) is 25. The van der Waals surface area contributed by atoms with Crippen LogP contribution in [0.4, 0.5) is 0 Å². The molecule has 1 saturated heterocycles. The molecule has 1 fully saturated rings. The van der Waals surface area contributed by atoms with Crippen molar-refractivity contribution in [2.45, 2.75) is 108 Å². The predicted molar refractivity (Wildman–Crippen MR) is 347 cm³/mol. The van der Waals surface area contributed by atoms with E-state index in [2.05, 4.69) is 30.9 Å². The summed E-state index contributed by atoms with van der Waals surface area (Å²) < 4.78 is 0. The van der Waals surface area contributed by atoms with Crippen molar-refractivity contribution in [2.75, 3.05) is 6.54 Å². The minimum absolute atomic E-state index is 0.00531. The standard InChI is InChI=1S/C62H58N12O13S6/c1-27-44(78)21-74-49(27)60-71-41(26-92-60)58-67-37(22-90-58)48-32(14-15-34(64-48)57-70-40(25-91-57)54(85)73-51(62(3,4)87)42(76)16-17-46(80)81)55-68-38(23-88-55)52(83)65-35(20-45(63)79)59-72-47(28(2)93-59)43(77)19-33(50(82)30-8-6-5-7-9-30)56-69-39(24-89-56)53(84)66-36(61(74)86)18-29-10-12-31(75)13-11-29/h5-15,22-27,33,35-36,44,49-51,75,78,82,87H,16-21H2,1-4H3,(H2,63,79)(H,65,83)(H,66,84)(H,73,85)(H,80,81)/t27-,33-,35-,36-,44-,49-,50+,51+/m0/s1. The number of aryl methyl sites for hydroxylation is 1. The number of carbonyl (C=O) groups is 8. The smallest absolute Gasteiger partial charge is 0.303 e. The Hall–Kier alpha value is -8.79. The number of amides is 5. The Kier molecular flexibility index (Phi) is 19.4. The maximum absolute atomic E-state index is 15.2. The van der Waals surface area contributed by atoms with Crippen LogP contribution >= 0.6 is 68.0 Å². The van der Waals surface area contributed by atoms with Gasteiger partial charge in [-0.1, -0.05) is 49.4 Å². The van der Waals surface area contributed by atoms with Gasteiger partial charge in [0, 0.05) is 75.0 Å². The monoisotopic (exact) mass is 1370 g/mol. The number of carboxylic acid groups (broad SMARTS) is 1. The van der Waals surface area contributed by atoms with E-state index in [1.54, 1.807) is 79.2 Å². The molecule has 2 aliphatic rings. The number of aromatic hydroxyl groups is 1. The van der Waals surface area contributed by atoms with Gasteiger partial charge in [-0.3, -0.25) is 38.4 Å². The van der Waals surface area contributed by atoms with Gasteiger partial charge in [0.05, 0.1) is 53.4 Å². The number of carboxylic acids is 1. The molecule has 7 aromatic heterocycles. The second-order valence-electron chi connectivity index (χ2n) is 22.8. The lowest BCUT2D eigenvalue weighted by Gasteiger charge is -2.29. The molecule has 5 amide bonds. The summed E-state index contributed by atoms with van der Waals surface area (Å²) in [5.74, 6) is -7.69. The zero-order valence-corrected chi connectivity index (χ0v) is 54.6. The van der Waals surface area contributed by atoms with Crippen LogP contribution in [0, 0.1) is 12.8 Å². The number of phenols is 1. The highest BCUT2D eigenvalue weighted by Gasteiger charge is 2.46. The number of nitrogens with two attached hydrogens (primary N) is 1. The number of carbonyl (C=O) groups excluding carboxylic acids is 7. The SMILES string of the molecule is Cc1sc2nc1C(=O)C[C@@H]([C@H](O)c1ccccc1)c1nc(cs1)C(=O)N[C@@H](Cc1ccc(O)cc1)C(=O)N1C[C@H](O)[C@H](C)[C@H]1c1nc(cs1)-c1nc(cs1)-c1nc(-c3nc(C(=O)N[C@H](C(=O)CCC(=O)O)C(C)(C)O)cs3)ccc1-c1nc(cs1)C(=O)N[C@H]2CC(N)=O. The van der Waals surface area contributed by atoms with Gasteiger partial charge >= 0.3 is 5.97 Å². The number of aliphatic hydroxyl groups is 3. The van der Waals surface area contributed by atoms with Crippen LogP contribution in [-0.4, -0.2) is 143 Å². The number of aliphatic carboxylic acids is 1. The number of aliphatic hydroxyl groups excluding tert-OH is 2. The van der Waals surface area contributed by atoms with Crippen molar-refractivity contribution < 1.29 is 63.9 Å². The van der Waals surface area contributed by atoms with Crippen molar-refractivity contribution >= 4 is 115 Å². The minimum atomic E-state index is -1.77. The summed E-state index contributed by atoms with van der Waals surface area (Å²) in [7, 11) is 0. The van der Waals surface area contributed by atoms with Crippen LogP contribution in [0.3, 0.4) is 0 Å². The van der Waals surface area contributed by atoms with E-state index < -0.39 is 120 Å². The average Bonchev–Trinajstić information content (AvgIpc) is 1.68. The van der Waals surface area contributed by atoms with Gasteiger partial charge in [0.25, 0.3) is 17.7 Å².